The lowest BCUT2D eigenvalue weighted by molar-refractivity contribution is -0.107. The summed E-state index contributed by atoms with van der Waals surface area (Å²) >= 11 is 0. The van der Waals surface area contributed by atoms with Crippen molar-refractivity contribution < 1.29 is 9.47 Å². The van der Waals surface area contributed by atoms with Gasteiger partial charge in [0.05, 0.1) is 0 Å². The van der Waals surface area contributed by atoms with Crippen LogP contribution in [0.15, 0.2) is 12.7 Å². The van der Waals surface area contributed by atoms with Crippen molar-refractivity contribution in [3.8, 4) is 0 Å². The molecule has 2 nitrogen and oxygen atoms in total. The molecule has 2 heteroatoms. The summed E-state index contributed by atoms with van der Waals surface area (Å²) in [5.41, 5.74) is 0. The predicted octanol–water partition coefficient (Wildman–Crippen LogP) is 2.74. The monoisotopic (exact) mass is 172 g/mol. The third-order valence-electron chi connectivity index (χ3n) is 1.87. The van der Waals surface area contributed by atoms with Crippen molar-refractivity contribution in [2.24, 2.45) is 0 Å². The fourth-order valence-corrected chi connectivity index (χ4v) is 1.11. The molecule has 0 spiro atoms. The van der Waals surface area contributed by atoms with E-state index in [9.17, 15) is 0 Å². The Kier molecular flexibility index (Phi) is 8.51. The zero-order chi connectivity index (χ0) is 9.23. The number of methoxy groups -OCH3 is 2. The Hall–Kier alpha value is -0.340. The summed E-state index contributed by atoms with van der Waals surface area (Å²) in [5.74, 6) is 0. The molecule has 0 unspecified atom stereocenters. The SMILES string of the molecule is C=CCCCCCC(OC)OC. The van der Waals surface area contributed by atoms with Crippen molar-refractivity contribution in [2.45, 2.75) is 38.4 Å². The fourth-order valence-electron chi connectivity index (χ4n) is 1.11. The summed E-state index contributed by atoms with van der Waals surface area (Å²) in [6.45, 7) is 3.68. The third kappa shape index (κ3) is 6.38. The summed E-state index contributed by atoms with van der Waals surface area (Å²) in [4.78, 5) is 0. The van der Waals surface area contributed by atoms with Crippen LogP contribution in [0.25, 0.3) is 0 Å². The maximum Gasteiger partial charge on any atom is 0.156 e. The van der Waals surface area contributed by atoms with E-state index >= 15 is 0 Å². The van der Waals surface area contributed by atoms with Gasteiger partial charge in [-0.15, -0.1) is 6.58 Å². The van der Waals surface area contributed by atoms with Gasteiger partial charge >= 0.3 is 0 Å². The lowest BCUT2D eigenvalue weighted by Gasteiger charge is -2.12. The van der Waals surface area contributed by atoms with E-state index in [1.165, 1.54) is 19.3 Å². The Bertz CT molecular complexity index is 98.0. The van der Waals surface area contributed by atoms with E-state index in [2.05, 4.69) is 6.58 Å². The smallest absolute Gasteiger partial charge is 0.156 e. The second kappa shape index (κ2) is 8.75. The highest BCUT2D eigenvalue weighted by atomic mass is 16.7. The molecule has 0 aliphatic rings. The van der Waals surface area contributed by atoms with Crippen LogP contribution in [0.4, 0.5) is 0 Å². The van der Waals surface area contributed by atoms with Gasteiger partial charge in [-0.1, -0.05) is 12.5 Å². The summed E-state index contributed by atoms with van der Waals surface area (Å²) in [6, 6.07) is 0. The Morgan fingerprint density at radius 1 is 1.17 bits per heavy atom. The third-order valence-corrected chi connectivity index (χ3v) is 1.87. The van der Waals surface area contributed by atoms with Crippen LogP contribution in [-0.4, -0.2) is 20.5 Å². The molecule has 0 saturated carbocycles. The van der Waals surface area contributed by atoms with Crippen LogP contribution < -0.4 is 0 Å². The Balaban J connectivity index is 3.11. The molecule has 0 rings (SSSR count). The van der Waals surface area contributed by atoms with Crippen molar-refractivity contribution in [2.75, 3.05) is 14.2 Å². The zero-order valence-corrected chi connectivity index (χ0v) is 8.21. The minimum atomic E-state index is -0.0197. The van der Waals surface area contributed by atoms with Gasteiger partial charge in [-0.2, -0.15) is 0 Å². The van der Waals surface area contributed by atoms with Crippen LogP contribution in [0.5, 0.6) is 0 Å². The van der Waals surface area contributed by atoms with Gasteiger partial charge < -0.3 is 9.47 Å². The van der Waals surface area contributed by atoms with Gasteiger partial charge in [0.1, 0.15) is 0 Å². The molecule has 0 N–H and O–H groups in total. The lowest BCUT2D eigenvalue weighted by Crippen LogP contribution is -2.12. The zero-order valence-electron chi connectivity index (χ0n) is 8.21. The van der Waals surface area contributed by atoms with E-state index in [-0.39, 0.29) is 6.29 Å². The molecule has 0 amide bonds. The number of unbranched alkanes of at least 4 members (excludes halogenated alkanes) is 3. The molecule has 0 bridgehead atoms. The number of ether oxygens (including phenoxy) is 2. The molecule has 0 heterocycles. The van der Waals surface area contributed by atoms with E-state index in [1.807, 2.05) is 6.08 Å². The summed E-state index contributed by atoms with van der Waals surface area (Å²) < 4.78 is 10.1. The molecule has 72 valence electrons. The first kappa shape index (κ1) is 11.7. The molecule has 0 aliphatic heterocycles. The van der Waals surface area contributed by atoms with E-state index in [0.29, 0.717) is 0 Å². The molecule has 0 aliphatic carbocycles. The van der Waals surface area contributed by atoms with Crippen LogP contribution >= 0.6 is 0 Å². The van der Waals surface area contributed by atoms with Crippen LogP contribution in [-0.2, 0) is 9.47 Å². The van der Waals surface area contributed by atoms with Crippen LogP contribution in [0.1, 0.15) is 32.1 Å². The summed E-state index contributed by atoms with van der Waals surface area (Å²) in [7, 11) is 3.36. The van der Waals surface area contributed by atoms with Gasteiger partial charge in [0.2, 0.25) is 0 Å². The molecule has 12 heavy (non-hydrogen) atoms. The number of hydrogen-bond acceptors (Lipinski definition) is 2. The molecular formula is C10H20O2. The molecule has 0 saturated heterocycles. The van der Waals surface area contributed by atoms with Crippen molar-refractivity contribution in [1.29, 1.82) is 0 Å². The van der Waals surface area contributed by atoms with Gasteiger partial charge in [-0.05, 0) is 25.7 Å². The second-order valence-electron chi connectivity index (χ2n) is 2.83. The molecule has 0 radical (unpaired) electrons. The Morgan fingerprint density at radius 2 is 1.83 bits per heavy atom. The number of allylic oxidation sites excluding steroid dienone is 1. The van der Waals surface area contributed by atoms with Gasteiger partial charge in [0.25, 0.3) is 0 Å². The standard InChI is InChI=1S/C10H20O2/c1-4-5-6-7-8-9-10(11-2)12-3/h4,10H,1,5-9H2,2-3H3. The van der Waals surface area contributed by atoms with Crippen molar-refractivity contribution in [1.82, 2.24) is 0 Å². The van der Waals surface area contributed by atoms with Gasteiger partial charge in [-0.3, -0.25) is 0 Å². The molecular weight excluding hydrogens is 152 g/mol. The second-order valence-corrected chi connectivity index (χ2v) is 2.83. The first-order valence-corrected chi connectivity index (χ1v) is 4.51. The Morgan fingerprint density at radius 3 is 2.33 bits per heavy atom. The van der Waals surface area contributed by atoms with Gasteiger partial charge in [-0.25, -0.2) is 0 Å². The predicted molar refractivity (Wildman–Crippen MR) is 51.1 cm³/mol. The van der Waals surface area contributed by atoms with E-state index in [4.69, 9.17) is 9.47 Å². The first-order chi connectivity index (χ1) is 5.85. The molecule has 0 aromatic carbocycles. The van der Waals surface area contributed by atoms with Crippen molar-refractivity contribution in [3.05, 3.63) is 12.7 Å². The first-order valence-electron chi connectivity index (χ1n) is 4.51. The average Bonchev–Trinajstić information content (AvgIpc) is 2.11. The normalized spacial score (nSPS) is 10.6. The number of hydrogen-bond donors (Lipinski definition) is 0. The van der Waals surface area contributed by atoms with Crippen LogP contribution in [0.2, 0.25) is 0 Å². The van der Waals surface area contributed by atoms with E-state index in [1.54, 1.807) is 14.2 Å². The van der Waals surface area contributed by atoms with Gasteiger partial charge in [0.15, 0.2) is 6.29 Å². The maximum absolute atomic E-state index is 5.06. The molecule has 0 fully saturated rings. The van der Waals surface area contributed by atoms with Crippen molar-refractivity contribution >= 4 is 0 Å². The molecule has 0 aromatic rings. The maximum atomic E-state index is 5.06. The lowest BCUT2D eigenvalue weighted by atomic mass is 10.1. The van der Waals surface area contributed by atoms with Crippen LogP contribution in [0.3, 0.4) is 0 Å². The molecule has 0 atom stereocenters. The highest BCUT2D eigenvalue weighted by Crippen LogP contribution is 2.08. The molecule has 0 aromatic heterocycles. The summed E-state index contributed by atoms with van der Waals surface area (Å²) in [5, 5.41) is 0. The fraction of sp³-hybridized carbons (Fsp3) is 0.800. The largest absolute Gasteiger partial charge is 0.356 e. The Labute approximate surface area is 75.6 Å². The van der Waals surface area contributed by atoms with Crippen LogP contribution in [0, 0.1) is 0 Å². The minimum absolute atomic E-state index is 0.0197. The highest BCUT2D eigenvalue weighted by molar-refractivity contribution is 4.65. The van der Waals surface area contributed by atoms with Crippen molar-refractivity contribution in [3.63, 3.8) is 0 Å². The number of rotatable bonds is 8. The average molecular weight is 172 g/mol. The minimum Gasteiger partial charge on any atom is -0.356 e. The highest BCUT2D eigenvalue weighted by Gasteiger charge is 2.02. The van der Waals surface area contributed by atoms with Gasteiger partial charge in [0, 0.05) is 14.2 Å². The van der Waals surface area contributed by atoms with E-state index < -0.39 is 0 Å². The quantitative estimate of drug-likeness (QED) is 0.318. The topological polar surface area (TPSA) is 18.5 Å². The summed E-state index contributed by atoms with van der Waals surface area (Å²) in [6.07, 6.45) is 7.67. The van der Waals surface area contributed by atoms with E-state index in [0.717, 1.165) is 12.8 Å².